The van der Waals surface area contributed by atoms with Crippen LogP contribution < -0.4 is 11.3 Å². The number of hydrogen-bond acceptors (Lipinski definition) is 5. The quantitative estimate of drug-likeness (QED) is 0.169. The standard InChI is InChI=1S/C4H8N2O5/c5-6-3(9)1(7)2(8)4(10)11/h1-2,7-8H,5H2,(H,6,9)(H,10,11)/t1-,2-/m1/s1. The molecule has 0 fully saturated rings. The van der Waals surface area contributed by atoms with Gasteiger partial charge >= 0.3 is 5.97 Å². The molecule has 0 unspecified atom stereocenters. The minimum Gasteiger partial charge on any atom is -0.479 e. The summed E-state index contributed by atoms with van der Waals surface area (Å²) >= 11 is 0. The van der Waals surface area contributed by atoms with Crippen LogP contribution in [0.15, 0.2) is 0 Å². The topological polar surface area (TPSA) is 133 Å². The van der Waals surface area contributed by atoms with Gasteiger partial charge in [0.15, 0.2) is 12.2 Å². The van der Waals surface area contributed by atoms with Crippen LogP contribution >= 0.6 is 0 Å². The van der Waals surface area contributed by atoms with Gasteiger partial charge in [0.1, 0.15) is 0 Å². The van der Waals surface area contributed by atoms with E-state index >= 15 is 0 Å². The summed E-state index contributed by atoms with van der Waals surface area (Å²) in [5.41, 5.74) is 1.49. The summed E-state index contributed by atoms with van der Waals surface area (Å²) in [6.07, 6.45) is -4.20. The number of nitrogens with one attached hydrogen (secondary N) is 1. The van der Waals surface area contributed by atoms with Crippen LogP contribution in [0.3, 0.4) is 0 Å². The summed E-state index contributed by atoms with van der Waals surface area (Å²) in [6.45, 7) is 0. The number of aliphatic hydroxyl groups excluding tert-OH is 2. The molecule has 0 saturated heterocycles. The number of carboxylic acid groups (broad SMARTS) is 1. The molecule has 0 rings (SSSR count). The molecular weight excluding hydrogens is 156 g/mol. The number of hydrogen-bond donors (Lipinski definition) is 5. The molecule has 0 radical (unpaired) electrons. The lowest BCUT2D eigenvalue weighted by molar-refractivity contribution is -0.158. The molecule has 0 bridgehead atoms. The van der Waals surface area contributed by atoms with Crippen LogP contribution in [0, 0.1) is 0 Å². The van der Waals surface area contributed by atoms with Gasteiger partial charge in [-0.15, -0.1) is 0 Å². The maximum Gasteiger partial charge on any atom is 0.335 e. The third-order valence-corrected chi connectivity index (χ3v) is 0.963. The Labute approximate surface area is 61.4 Å². The Balaban J connectivity index is 4.12. The maximum absolute atomic E-state index is 10.3. The summed E-state index contributed by atoms with van der Waals surface area (Å²) in [7, 11) is 0. The van der Waals surface area contributed by atoms with Crippen LogP contribution in [0.4, 0.5) is 0 Å². The van der Waals surface area contributed by atoms with Gasteiger partial charge in [-0.05, 0) is 0 Å². The highest BCUT2D eigenvalue weighted by molar-refractivity contribution is 5.87. The Kier molecular flexibility index (Phi) is 3.45. The van der Waals surface area contributed by atoms with Gasteiger partial charge in [0.2, 0.25) is 0 Å². The van der Waals surface area contributed by atoms with Crippen molar-refractivity contribution in [3.63, 3.8) is 0 Å². The first kappa shape index (κ1) is 9.82. The third kappa shape index (κ3) is 2.50. The zero-order valence-electron chi connectivity index (χ0n) is 5.39. The Bertz CT molecular complexity index is 170. The van der Waals surface area contributed by atoms with Crippen LogP contribution in [0.5, 0.6) is 0 Å². The highest BCUT2D eigenvalue weighted by Crippen LogP contribution is 1.92. The lowest BCUT2D eigenvalue weighted by atomic mass is 10.2. The molecular formula is C4H8N2O5. The van der Waals surface area contributed by atoms with Crippen molar-refractivity contribution in [3.05, 3.63) is 0 Å². The second-order valence-corrected chi connectivity index (χ2v) is 1.74. The average molecular weight is 164 g/mol. The number of aliphatic hydroxyl groups is 2. The van der Waals surface area contributed by atoms with Gasteiger partial charge in [-0.1, -0.05) is 0 Å². The second kappa shape index (κ2) is 3.86. The molecule has 7 heteroatoms. The van der Waals surface area contributed by atoms with Crippen LogP contribution in [0.2, 0.25) is 0 Å². The number of nitrogens with two attached hydrogens (primary N) is 1. The molecule has 0 aliphatic heterocycles. The molecule has 0 aromatic carbocycles. The van der Waals surface area contributed by atoms with Gasteiger partial charge in [-0.3, -0.25) is 10.2 Å². The van der Waals surface area contributed by atoms with Crippen molar-refractivity contribution in [2.75, 3.05) is 0 Å². The minimum absolute atomic E-state index is 1.15. The first-order valence-electron chi connectivity index (χ1n) is 2.60. The molecule has 0 aromatic rings. The summed E-state index contributed by atoms with van der Waals surface area (Å²) in [6, 6.07) is 0. The number of carbonyl (C=O) groups excluding carboxylic acids is 1. The fraction of sp³-hybridized carbons (Fsp3) is 0.500. The summed E-state index contributed by atoms with van der Waals surface area (Å²) in [5.74, 6) is 1.70. The zero-order valence-corrected chi connectivity index (χ0v) is 5.39. The van der Waals surface area contributed by atoms with E-state index in [4.69, 9.17) is 15.3 Å². The van der Waals surface area contributed by atoms with Crippen molar-refractivity contribution < 1.29 is 24.9 Å². The summed E-state index contributed by atoms with van der Waals surface area (Å²) < 4.78 is 0. The Morgan fingerprint density at radius 2 is 1.73 bits per heavy atom. The van der Waals surface area contributed by atoms with Gasteiger partial charge in [0.05, 0.1) is 0 Å². The molecule has 2 atom stereocenters. The zero-order chi connectivity index (χ0) is 9.02. The molecule has 0 saturated carbocycles. The minimum atomic E-state index is -2.15. The average Bonchev–Trinajstić information content (AvgIpc) is 2.00. The normalized spacial score (nSPS) is 15.2. The molecule has 7 nitrogen and oxygen atoms in total. The molecule has 11 heavy (non-hydrogen) atoms. The van der Waals surface area contributed by atoms with Crippen molar-refractivity contribution in [2.45, 2.75) is 12.2 Å². The lowest BCUT2D eigenvalue weighted by Gasteiger charge is -2.10. The van der Waals surface area contributed by atoms with E-state index < -0.39 is 24.1 Å². The molecule has 0 spiro atoms. The van der Waals surface area contributed by atoms with Gasteiger partial charge in [-0.2, -0.15) is 0 Å². The van der Waals surface area contributed by atoms with Crippen molar-refractivity contribution >= 4 is 11.9 Å². The number of rotatable bonds is 3. The summed E-state index contributed by atoms with van der Waals surface area (Å²) in [5, 5.41) is 25.2. The third-order valence-electron chi connectivity index (χ3n) is 0.963. The monoisotopic (exact) mass is 164 g/mol. The molecule has 0 aliphatic carbocycles. The first-order valence-corrected chi connectivity index (χ1v) is 2.60. The Morgan fingerprint density at radius 3 is 2.00 bits per heavy atom. The van der Waals surface area contributed by atoms with Crippen LogP contribution in [0.1, 0.15) is 0 Å². The largest absolute Gasteiger partial charge is 0.479 e. The molecule has 6 N–H and O–H groups in total. The van der Waals surface area contributed by atoms with E-state index in [0.717, 1.165) is 0 Å². The van der Waals surface area contributed by atoms with Crippen molar-refractivity contribution in [3.8, 4) is 0 Å². The fourth-order valence-electron chi connectivity index (χ4n) is 0.364. The predicted octanol–water partition coefficient (Wildman–Crippen LogP) is -3.22. The number of amides is 1. The van der Waals surface area contributed by atoms with Gasteiger partial charge in [0, 0.05) is 0 Å². The Hall–Kier alpha value is -1.18. The number of carbonyl (C=O) groups is 2. The highest BCUT2D eigenvalue weighted by atomic mass is 16.4. The fourth-order valence-corrected chi connectivity index (χ4v) is 0.364. The molecule has 0 heterocycles. The van der Waals surface area contributed by atoms with Crippen molar-refractivity contribution in [2.24, 2.45) is 5.84 Å². The van der Waals surface area contributed by atoms with E-state index in [-0.39, 0.29) is 0 Å². The summed E-state index contributed by atoms with van der Waals surface area (Å²) in [4.78, 5) is 20.3. The number of aliphatic carboxylic acids is 1. The van der Waals surface area contributed by atoms with Crippen molar-refractivity contribution in [1.82, 2.24) is 5.43 Å². The van der Waals surface area contributed by atoms with E-state index in [2.05, 4.69) is 5.84 Å². The maximum atomic E-state index is 10.3. The van der Waals surface area contributed by atoms with Gasteiger partial charge in [-0.25, -0.2) is 10.6 Å². The van der Waals surface area contributed by atoms with Crippen LogP contribution in [-0.4, -0.2) is 39.4 Å². The van der Waals surface area contributed by atoms with Gasteiger partial charge in [0.25, 0.3) is 5.91 Å². The van der Waals surface area contributed by atoms with E-state index in [1.807, 2.05) is 0 Å². The second-order valence-electron chi connectivity index (χ2n) is 1.74. The lowest BCUT2D eigenvalue weighted by Crippen LogP contribution is -2.47. The molecule has 64 valence electrons. The molecule has 0 aliphatic rings. The number of carboxylic acids is 1. The van der Waals surface area contributed by atoms with Crippen molar-refractivity contribution in [1.29, 1.82) is 0 Å². The molecule has 1 amide bonds. The van der Waals surface area contributed by atoms with E-state index in [9.17, 15) is 9.59 Å². The van der Waals surface area contributed by atoms with E-state index in [1.54, 1.807) is 0 Å². The number of hydrazine groups is 1. The van der Waals surface area contributed by atoms with Crippen LogP contribution in [-0.2, 0) is 9.59 Å². The first-order chi connectivity index (χ1) is 5.00. The van der Waals surface area contributed by atoms with Gasteiger partial charge < -0.3 is 15.3 Å². The Morgan fingerprint density at radius 1 is 1.27 bits per heavy atom. The van der Waals surface area contributed by atoms with E-state index in [1.165, 1.54) is 5.43 Å². The van der Waals surface area contributed by atoms with E-state index in [0.29, 0.717) is 0 Å². The van der Waals surface area contributed by atoms with Crippen LogP contribution in [0.25, 0.3) is 0 Å². The predicted molar refractivity (Wildman–Crippen MR) is 32.0 cm³/mol. The molecule has 0 aromatic heterocycles. The smallest absolute Gasteiger partial charge is 0.335 e. The highest BCUT2D eigenvalue weighted by Gasteiger charge is 2.29. The SMILES string of the molecule is NNC(=O)[C@H](O)[C@@H](O)C(=O)O.